The van der Waals surface area contributed by atoms with Crippen LogP contribution in [0.5, 0.6) is 0 Å². The SMILES string of the molecule is CC(C)(C)c1cc(N2CCCCC2)sc1[N+](=O)[O-]. The first kappa shape index (κ1) is 13.3. The molecule has 0 aromatic carbocycles. The van der Waals surface area contributed by atoms with Crippen LogP contribution in [0, 0.1) is 10.1 Å². The molecule has 1 aliphatic heterocycles. The van der Waals surface area contributed by atoms with Crippen LogP contribution in [0.2, 0.25) is 0 Å². The van der Waals surface area contributed by atoms with Crippen molar-refractivity contribution in [1.29, 1.82) is 0 Å². The number of nitrogens with zero attached hydrogens (tertiary/aromatic N) is 2. The van der Waals surface area contributed by atoms with Crippen molar-refractivity contribution in [2.24, 2.45) is 0 Å². The highest BCUT2D eigenvalue weighted by Gasteiger charge is 2.30. The molecule has 1 aromatic rings. The summed E-state index contributed by atoms with van der Waals surface area (Å²) in [7, 11) is 0. The van der Waals surface area contributed by atoms with Crippen LogP contribution in [0.15, 0.2) is 6.07 Å². The van der Waals surface area contributed by atoms with E-state index in [1.165, 1.54) is 30.6 Å². The summed E-state index contributed by atoms with van der Waals surface area (Å²) in [4.78, 5) is 13.2. The first-order valence-corrected chi connectivity index (χ1v) is 7.25. The summed E-state index contributed by atoms with van der Waals surface area (Å²) in [5.41, 5.74) is 0.686. The van der Waals surface area contributed by atoms with E-state index in [1.807, 2.05) is 26.8 Å². The molecule has 18 heavy (non-hydrogen) atoms. The zero-order valence-electron chi connectivity index (χ0n) is 11.2. The number of thiophene rings is 1. The Morgan fingerprint density at radius 3 is 2.33 bits per heavy atom. The van der Waals surface area contributed by atoms with Crippen LogP contribution in [0.3, 0.4) is 0 Å². The summed E-state index contributed by atoms with van der Waals surface area (Å²) < 4.78 is 0. The predicted octanol–water partition coefficient (Wildman–Crippen LogP) is 3.94. The molecule has 1 aromatic heterocycles. The standard InChI is InChI=1S/C13H20N2O2S/c1-13(2,3)10-9-11(18-12(10)15(16)17)14-7-5-4-6-8-14/h9H,4-8H2,1-3H3. The van der Waals surface area contributed by atoms with Gasteiger partial charge in [0.2, 0.25) is 0 Å². The van der Waals surface area contributed by atoms with E-state index in [4.69, 9.17) is 0 Å². The van der Waals surface area contributed by atoms with Crippen molar-refractivity contribution in [2.75, 3.05) is 18.0 Å². The van der Waals surface area contributed by atoms with Gasteiger partial charge in [-0.15, -0.1) is 0 Å². The smallest absolute Gasteiger partial charge is 0.329 e. The summed E-state index contributed by atoms with van der Waals surface area (Å²) in [5, 5.41) is 12.5. The highest BCUT2D eigenvalue weighted by molar-refractivity contribution is 7.19. The molecule has 0 atom stereocenters. The van der Waals surface area contributed by atoms with Crippen molar-refractivity contribution in [3.8, 4) is 0 Å². The third-order valence-electron chi connectivity index (χ3n) is 3.34. The van der Waals surface area contributed by atoms with E-state index in [0.717, 1.165) is 23.7 Å². The Hall–Kier alpha value is -1.10. The van der Waals surface area contributed by atoms with Crippen molar-refractivity contribution < 1.29 is 4.92 Å². The Morgan fingerprint density at radius 1 is 1.28 bits per heavy atom. The zero-order valence-corrected chi connectivity index (χ0v) is 12.0. The number of rotatable bonds is 2. The maximum absolute atomic E-state index is 11.2. The molecule has 0 amide bonds. The van der Waals surface area contributed by atoms with Gasteiger partial charge >= 0.3 is 5.00 Å². The lowest BCUT2D eigenvalue weighted by Crippen LogP contribution is -2.28. The number of nitro groups is 1. The maximum Gasteiger partial charge on any atom is 0.329 e. The summed E-state index contributed by atoms with van der Waals surface area (Å²) >= 11 is 1.33. The van der Waals surface area contributed by atoms with Crippen LogP contribution < -0.4 is 4.90 Å². The number of hydrogen-bond acceptors (Lipinski definition) is 4. The Labute approximate surface area is 112 Å². The monoisotopic (exact) mass is 268 g/mol. The summed E-state index contributed by atoms with van der Waals surface area (Å²) in [6, 6.07) is 2.02. The molecule has 0 N–H and O–H groups in total. The van der Waals surface area contributed by atoms with E-state index in [2.05, 4.69) is 4.90 Å². The lowest BCUT2D eigenvalue weighted by Gasteiger charge is -2.27. The predicted molar refractivity (Wildman–Crippen MR) is 75.7 cm³/mol. The Kier molecular flexibility index (Phi) is 3.61. The van der Waals surface area contributed by atoms with Crippen LogP contribution in [0.1, 0.15) is 45.6 Å². The number of hydrogen-bond donors (Lipinski definition) is 0. The molecule has 0 radical (unpaired) electrons. The second-order valence-corrected chi connectivity index (χ2v) is 6.87. The van der Waals surface area contributed by atoms with Crippen molar-refractivity contribution in [3.63, 3.8) is 0 Å². The molecular formula is C13H20N2O2S. The lowest BCUT2D eigenvalue weighted by molar-refractivity contribution is -0.381. The second-order valence-electron chi connectivity index (χ2n) is 5.86. The van der Waals surface area contributed by atoms with Gasteiger partial charge in [-0.05, 0) is 42.1 Å². The first-order chi connectivity index (χ1) is 8.39. The topological polar surface area (TPSA) is 46.4 Å². The average molecular weight is 268 g/mol. The lowest BCUT2D eigenvalue weighted by atomic mass is 9.88. The highest BCUT2D eigenvalue weighted by atomic mass is 32.1. The fraction of sp³-hybridized carbons (Fsp3) is 0.692. The molecular weight excluding hydrogens is 248 g/mol. The normalized spacial score (nSPS) is 16.9. The minimum Gasteiger partial charge on any atom is -0.363 e. The van der Waals surface area contributed by atoms with Gasteiger partial charge in [0.05, 0.1) is 9.92 Å². The van der Waals surface area contributed by atoms with Crippen molar-refractivity contribution in [3.05, 3.63) is 21.7 Å². The van der Waals surface area contributed by atoms with Gasteiger partial charge in [0, 0.05) is 18.7 Å². The third kappa shape index (κ3) is 2.66. The van der Waals surface area contributed by atoms with Crippen LogP contribution in [-0.2, 0) is 5.41 Å². The van der Waals surface area contributed by atoms with E-state index in [9.17, 15) is 10.1 Å². The number of piperidine rings is 1. The molecule has 0 bridgehead atoms. The summed E-state index contributed by atoms with van der Waals surface area (Å²) in [6.45, 7) is 8.15. The van der Waals surface area contributed by atoms with E-state index < -0.39 is 0 Å². The van der Waals surface area contributed by atoms with Crippen molar-refractivity contribution >= 4 is 21.3 Å². The van der Waals surface area contributed by atoms with Crippen LogP contribution in [-0.4, -0.2) is 18.0 Å². The van der Waals surface area contributed by atoms with Crippen molar-refractivity contribution in [2.45, 2.75) is 45.4 Å². The average Bonchev–Trinajstić information content (AvgIpc) is 2.74. The van der Waals surface area contributed by atoms with Gasteiger partial charge in [-0.2, -0.15) is 0 Å². The highest BCUT2D eigenvalue weighted by Crippen LogP contribution is 2.42. The van der Waals surface area contributed by atoms with E-state index >= 15 is 0 Å². The zero-order chi connectivity index (χ0) is 13.3. The van der Waals surface area contributed by atoms with Crippen LogP contribution in [0.25, 0.3) is 0 Å². The first-order valence-electron chi connectivity index (χ1n) is 6.43. The van der Waals surface area contributed by atoms with Crippen molar-refractivity contribution in [1.82, 2.24) is 0 Å². The molecule has 0 aliphatic carbocycles. The molecule has 0 spiro atoms. The van der Waals surface area contributed by atoms with Crippen LogP contribution >= 0.6 is 11.3 Å². The molecule has 2 heterocycles. The van der Waals surface area contributed by atoms with Gasteiger partial charge in [0.15, 0.2) is 0 Å². The van der Waals surface area contributed by atoms with E-state index in [0.29, 0.717) is 5.00 Å². The second kappa shape index (κ2) is 4.88. The quantitative estimate of drug-likeness (QED) is 0.603. The minimum atomic E-state index is -0.237. The largest absolute Gasteiger partial charge is 0.363 e. The molecule has 100 valence electrons. The van der Waals surface area contributed by atoms with Crippen LogP contribution in [0.4, 0.5) is 10.0 Å². The molecule has 2 rings (SSSR count). The fourth-order valence-electron chi connectivity index (χ4n) is 2.31. The van der Waals surface area contributed by atoms with E-state index in [-0.39, 0.29) is 10.3 Å². The van der Waals surface area contributed by atoms with Gasteiger partial charge < -0.3 is 4.90 Å². The molecule has 4 nitrogen and oxygen atoms in total. The number of anilines is 1. The van der Waals surface area contributed by atoms with Gasteiger partial charge in [-0.1, -0.05) is 20.8 Å². The molecule has 5 heteroatoms. The molecule has 1 saturated heterocycles. The Morgan fingerprint density at radius 2 is 1.89 bits per heavy atom. The summed E-state index contributed by atoms with van der Waals surface area (Å²) in [5.74, 6) is 0. The van der Waals surface area contributed by atoms with Gasteiger partial charge in [-0.3, -0.25) is 10.1 Å². The molecule has 1 fully saturated rings. The third-order valence-corrected chi connectivity index (χ3v) is 4.49. The fourth-order valence-corrected chi connectivity index (χ4v) is 3.55. The molecule has 0 saturated carbocycles. The molecule has 1 aliphatic rings. The maximum atomic E-state index is 11.2. The molecule has 0 unspecified atom stereocenters. The Balaban J connectivity index is 2.35. The minimum absolute atomic E-state index is 0.174. The van der Waals surface area contributed by atoms with Gasteiger partial charge in [0.25, 0.3) is 0 Å². The van der Waals surface area contributed by atoms with E-state index in [1.54, 1.807) is 0 Å². The summed E-state index contributed by atoms with van der Waals surface area (Å²) in [6.07, 6.45) is 3.66. The van der Waals surface area contributed by atoms with Gasteiger partial charge in [-0.25, -0.2) is 0 Å². The van der Waals surface area contributed by atoms with Gasteiger partial charge in [0.1, 0.15) is 0 Å². The Bertz CT molecular complexity index is 442.